The fraction of sp³-hybridized carbons (Fsp3) is 0.250. The first kappa shape index (κ1) is 14.0. The molecule has 1 N–H and O–H groups in total. The lowest BCUT2D eigenvalue weighted by atomic mass is 9.88. The molecule has 0 spiro atoms. The van der Waals surface area contributed by atoms with Gasteiger partial charge in [0.15, 0.2) is 11.1 Å². The minimum absolute atomic E-state index is 0.297. The van der Waals surface area contributed by atoms with E-state index in [9.17, 15) is 4.21 Å². The van der Waals surface area contributed by atoms with Gasteiger partial charge in [-0.15, -0.1) is 0 Å². The second-order valence-corrected chi connectivity index (χ2v) is 5.59. The summed E-state index contributed by atoms with van der Waals surface area (Å²) in [6.45, 7) is 0. The average Bonchev–Trinajstić information content (AvgIpc) is 2.45. The summed E-state index contributed by atoms with van der Waals surface area (Å²) in [4.78, 5) is 0. The molecule has 0 aliphatic rings. The molecular formula is C16H18O2S. The van der Waals surface area contributed by atoms with Crippen molar-refractivity contribution in [2.24, 2.45) is 0 Å². The van der Waals surface area contributed by atoms with Gasteiger partial charge in [0.05, 0.1) is 0 Å². The molecule has 0 fully saturated rings. The van der Waals surface area contributed by atoms with Gasteiger partial charge in [-0.3, -0.25) is 0 Å². The van der Waals surface area contributed by atoms with Crippen LogP contribution in [0.1, 0.15) is 29.9 Å². The van der Waals surface area contributed by atoms with E-state index in [0.29, 0.717) is 11.7 Å². The monoisotopic (exact) mass is 274 g/mol. The Morgan fingerprint density at radius 2 is 1.37 bits per heavy atom. The van der Waals surface area contributed by atoms with Crippen molar-refractivity contribution >= 4 is 11.1 Å². The summed E-state index contributed by atoms with van der Waals surface area (Å²) < 4.78 is 19.6. The van der Waals surface area contributed by atoms with Crippen LogP contribution >= 0.6 is 0 Å². The molecule has 0 aliphatic heterocycles. The molecule has 0 saturated heterocycles. The van der Waals surface area contributed by atoms with Gasteiger partial charge < -0.3 is 4.55 Å². The predicted octanol–water partition coefficient (Wildman–Crippen LogP) is 3.82. The first-order valence-corrected chi connectivity index (χ1v) is 7.72. The van der Waals surface area contributed by atoms with Crippen LogP contribution in [0.3, 0.4) is 0 Å². The Morgan fingerprint density at radius 1 is 0.895 bits per heavy atom. The number of rotatable bonds is 6. The summed E-state index contributed by atoms with van der Waals surface area (Å²) >= 11 is -1.69. The molecule has 1 atom stereocenters. The van der Waals surface area contributed by atoms with Gasteiger partial charge >= 0.3 is 0 Å². The van der Waals surface area contributed by atoms with Gasteiger partial charge in [0.2, 0.25) is 0 Å². The van der Waals surface area contributed by atoms with Crippen LogP contribution in [0.4, 0.5) is 0 Å². The van der Waals surface area contributed by atoms with E-state index in [1.54, 1.807) is 0 Å². The lowest BCUT2D eigenvalue weighted by Gasteiger charge is -2.17. The van der Waals surface area contributed by atoms with E-state index in [4.69, 9.17) is 4.55 Å². The van der Waals surface area contributed by atoms with E-state index < -0.39 is 11.1 Å². The van der Waals surface area contributed by atoms with Gasteiger partial charge in [-0.05, 0) is 24.0 Å². The third-order valence-corrected chi connectivity index (χ3v) is 3.85. The van der Waals surface area contributed by atoms with Crippen LogP contribution in [0.15, 0.2) is 60.7 Å². The Bertz CT molecular complexity index is 471. The van der Waals surface area contributed by atoms with Crippen molar-refractivity contribution in [2.75, 3.05) is 5.75 Å². The summed E-state index contributed by atoms with van der Waals surface area (Å²) in [6, 6.07) is 20.6. The summed E-state index contributed by atoms with van der Waals surface area (Å²) in [7, 11) is 0. The number of benzene rings is 2. The maximum atomic E-state index is 10.8. The van der Waals surface area contributed by atoms with Crippen LogP contribution in [0, 0.1) is 0 Å². The zero-order chi connectivity index (χ0) is 13.5. The highest BCUT2D eigenvalue weighted by molar-refractivity contribution is 7.79. The first-order chi connectivity index (χ1) is 9.27. The summed E-state index contributed by atoms with van der Waals surface area (Å²) in [5, 5.41) is 0. The normalized spacial score (nSPS) is 12.5. The SMILES string of the molecule is O=S(O)CCCC(c1ccccc1)c1ccccc1. The molecule has 100 valence electrons. The molecule has 0 heterocycles. The molecule has 0 saturated carbocycles. The van der Waals surface area contributed by atoms with Gasteiger partial charge in [0.1, 0.15) is 0 Å². The van der Waals surface area contributed by atoms with Gasteiger partial charge in [-0.25, -0.2) is 4.21 Å². The molecule has 1 unspecified atom stereocenters. The minimum atomic E-state index is -1.69. The van der Waals surface area contributed by atoms with Gasteiger partial charge in [-0.1, -0.05) is 60.7 Å². The second kappa shape index (κ2) is 7.22. The highest BCUT2D eigenvalue weighted by Crippen LogP contribution is 2.28. The van der Waals surface area contributed by atoms with E-state index in [1.807, 2.05) is 36.4 Å². The van der Waals surface area contributed by atoms with Crippen molar-refractivity contribution in [1.82, 2.24) is 0 Å². The van der Waals surface area contributed by atoms with Crippen LogP contribution in [0.25, 0.3) is 0 Å². The van der Waals surface area contributed by atoms with Crippen LogP contribution in [0.5, 0.6) is 0 Å². The Hall–Kier alpha value is -1.45. The van der Waals surface area contributed by atoms with Crippen molar-refractivity contribution in [1.29, 1.82) is 0 Å². The molecule has 0 aliphatic carbocycles. The smallest absolute Gasteiger partial charge is 0.152 e. The molecule has 0 radical (unpaired) electrons. The Kier molecular flexibility index (Phi) is 5.31. The Labute approximate surface area is 116 Å². The molecule has 2 aromatic rings. The summed E-state index contributed by atoms with van der Waals surface area (Å²) in [5.74, 6) is 0.641. The number of hydrogen-bond donors (Lipinski definition) is 1. The molecule has 0 aromatic heterocycles. The van der Waals surface area contributed by atoms with Crippen LogP contribution in [0.2, 0.25) is 0 Å². The maximum Gasteiger partial charge on any atom is 0.152 e. The molecule has 0 bridgehead atoms. The number of hydrogen-bond acceptors (Lipinski definition) is 1. The summed E-state index contributed by atoms with van der Waals surface area (Å²) in [6.07, 6.45) is 1.64. The van der Waals surface area contributed by atoms with Crippen LogP contribution in [-0.2, 0) is 11.1 Å². The van der Waals surface area contributed by atoms with Gasteiger partial charge in [0.25, 0.3) is 0 Å². The second-order valence-electron chi connectivity index (χ2n) is 4.54. The zero-order valence-corrected chi connectivity index (χ0v) is 11.6. The maximum absolute atomic E-state index is 10.8. The zero-order valence-electron chi connectivity index (χ0n) is 10.7. The molecule has 3 heteroatoms. The summed E-state index contributed by atoms with van der Waals surface area (Å²) in [5.41, 5.74) is 2.52. The molecule has 19 heavy (non-hydrogen) atoms. The fourth-order valence-corrected chi connectivity index (χ4v) is 2.72. The predicted molar refractivity (Wildman–Crippen MR) is 79.6 cm³/mol. The molecule has 2 aromatic carbocycles. The van der Waals surface area contributed by atoms with E-state index in [0.717, 1.165) is 12.8 Å². The van der Waals surface area contributed by atoms with Gasteiger partial charge in [-0.2, -0.15) is 0 Å². The van der Waals surface area contributed by atoms with E-state index in [1.165, 1.54) is 11.1 Å². The van der Waals surface area contributed by atoms with Crippen LogP contribution < -0.4 is 0 Å². The van der Waals surface area contributed by atoms with Crippen molar-refractivity contribution in [3.8, 4) is 0 Å². The van der Waals surface area contributed by atoms with Gasteiger partial charge in [0, 0.05) is 11.7 Å². The van der Waals surface area contributed by atoms with Crippen molar-refractivity contribution < 1.29 is 8.76 Å². The van der Waals surface area contributed by atoms with Crippen molar-refractivity contribution in [2.45, 2.75) is 18.8 Å². The largest absolute Gasteiger partial charge is 0.306 e. The molecule has 0 amide bonds. The van der Waals surface area contributed by atoms with E-state index in [2.05, 4.69) is 24.3 Å². The third kappa shape index (κ3) is 4.30. The van der Waals surface area contributed by atoms with E-state index in [-0.39, 0.29) is 0 Å². The standard InChI is InChI=1S/C16H18O2S/c17-19(18)13-7-12-16(14-8-3-1-4-9-14)15-10-5-2-6-11-15/h1-6,8-11,16H,7,12-13H2,(H,17,18). The fourth-order valence-electron chi connectivity index (χ4n) is 2.31. The lowest BCUT2D eigenvalue weighted by molar-refractivity contribution is 0.558. The Balaban J connectivity index is 2.17. The third-order valence-electron chi connectivity index (χ3n) is 3.22. The molecular weight excluding hydrogens is 256 g/mol. The van der Waals surface area contributed by atoms with Crippen LogP contribution in [-0.4, -0.2) is 14.5 Å². The minimum Gasteiger partial charge on any atom is -0.306 e. The highest BCUT2D eigenvalue weighted by atomic mass is 32.2. The highest BCUT2D eigenvalue weighted by Gasteiger charge is 2.13. The lowest BCUT2D eigenvalue weighted by Crippen LogP contribution is -2.04. The van der Waals surface area contributed by atoms with Crippen molar-refractivity contribution in [3.05, 3.63) is 71.8 Å². The topological polar surface area (TPSA) is 37.3 Å². The van der Waals surface area contributed by atoms with E-state index >= 15 is 0 Å². The molecule has 2 nitrogen and oxygen atoms in total. The quantitative estimate of drug-likeness (QED) is 0.813. The average molecular weight is 274 g/mol. The molecule has 2 rings (SSSR count). The Morgan fingerprint density at radius 3 is 1.79 bits per heavy atom. The first-order valence-electron chi connectivity index (χ1n) is 6.44. The van der Waals surface area contributed by atoms with Crippen molar-refractivity contribution in [3.63, 3.8) is 0 Å².